The Balaban J connectivity index is 1.52. The predicted molar refractivity (Wildman–Crippen MR) is 101 cm³/mol. The van der Waals surface area contributed by atoms with E-state index in [2.05, 4.69) is 21.0 Å². The molecule has 1 saturated heterocycles. The van der Waals surface area contributed by atoms with E-state index in [1.807, 2.05) is 20.8 Å². The summed E-state index contributed by atoms with van der Waals surface area (Å²) in [5.74, 6) is -1.13. The zero-order valence-corrected chi connectivity index (χ0v) is 16.8. The Morgan fingerprint density at radius 3 is 2.64 bits per heavy atom. The third-order valence-electron chi connectivity index (χ3n) is 5.01. The van der Waals surface area contributed by atoms with Crippen LogP contribution in [0.4, 0.5) is 4.79 Å². The van der Waals surface area contributed by atoms with Gasteiger partial charge in [-0.15, -0.1) is 0 Å². The first kappa shape index (κ1) is 20.2. The van der Waals surface area contributed by atoms with Gasteiger partial charge in [0.15, 0.2) is 5.69 Å². The third kappa shape index (κ3) is 4.82. The molecule has 3 amide bonds. The highest BCUT2D eigenvalue weighted by molar-refractivity contribution is 5.95. The minimum Gasteiger partial charge on any atom is -0.444 e. The zero-order valence-electron chi connectivity index (χ0n) is 16.8. The number of nitrogens with zero attached hydrogens (tertiary/aromatic N) is 2. The van der Waals surface area contributed by atoms with Crippen molar-refractivity contribution in [3.8, 4) is 0 Å². The zero-order chi connectivity index (χ0) is 20.3. The molecule has 154 valence electrons. The predicted octanol–water partition coefficient (Wildman–Crippen LogP) is 1.70. The quantitative estimate of drug-likeness (QED) is 0.664. The minimum atomic E-state index is -0.580. The summed E-state index contributed by atoms with van der Waals surface area (Å²) in [6.07, 6.45) is 4.76. The maximum Gasteiger partial charge on any atom is 0.410 e. The Labute approximate surface area is 164 Å². The van der Waals surface area contributed by atoms with E-state index in [1.165, 1.54) is 0 Å². The Morgan fingerprint density at radius 2 is 1.89 bits per heavy atom. The second kappa shape index (κ2) is 8.20. The van der Waals surface area contributed by atoms with E-state index in [4.69, 9.17) is 4.74 Å². The summed E-state index contributed by atoms with van der Waals surface area (Å²) in [4.78, 5) is 38.7. The lowest BCUT2D eigenvalue weighted by Gasteiger charge is -2.33. The highest BCUT2D eigenvalue weighted by atomic mass is 16.6. The molecule has 0 spiro atoms. The van der Waals surface area contributed by atoms with Gasteiger partial charge in [-0.3, -0.25) is 25.5 Å². The number of ether oxygens (including phenoxy) is 1. The number of hydrazine groups is 1. The van der Waals surface area contributed by atoms with Crippen LogP contribution in [0.15, 0.2) is 0 Å². The molecule has 9 nitrogen and oxygen atoms in total. The molecular weight excluding hydrogens is 362 g/mol. The van der Waals surface area contributed by atoms with Crippen LogP contribution in [0, 0.1) is 5.92 Å². The van der Waals surface area contributed by atoms with Crippen LogP contribution in [0.1, 0.15) is 68.2 Å². The van der Waals surface area contributed by atoms with Crippen molar-refractivity contribution in [3.63, 3.8) is 0 Å². The van der Waals surface area contributed by atoms with Gasteiger partial charge in [0.2, 0.25) is 5.91 Å². The van der Waals surface area contributed by atoms with Crippen molar-refractivity contribution in [2.45, 2.75) is 64.9 Å². The second-order valence-corrected chi connectivity index (χ2v) is 8.45. The summed E-state index contributed by atoms with van der Waals surface area (Å²) < 4.78 is 5.38. The number of hydrogen-bond acceptors (Lipinski definition) is 5. The van der Waals surface area contributed by atoms with E-state index in [9.17, 15) is 14.4 Å². The molecule has 0 aromatic carbocycles. The van der Waals surface area contributed by atoms with Gasteiger partial charge in [-0.2, -0.15) is 5.10 Å². The number of hydrogen-bond donors (Lipinski definition) is 3. The van der Waals surface area contributed by atoms with Crippen LogP contribution in [0.5, 0.6) is 0 Å². The largest absolute Gasteiger partial charge is 0.444 e. The Bertz CT molecular complexity index is 752. The summed E-state index contributed by atoms with van der Waals surface area (Å²) in [6, 6.07) is 0. The lowest BCUT2D eigenvalue weighted by atomic mass is 9.96. The van der Waals surface area contributed by atoms with E-state index >= 15 is 0 Å². The lowest BCUT2D eigenvalue weighted by Crippen LogP contribution is -2.50. The smallest absolute Gasteiger partial charge is 0.410 e. The standard InChI is InChI=1S/C19H29N5O4/c1-19(2,3)28-18(27)24-10-6-7-12(11-24)16(25)22-23-17(26)15-13-8-4-5-9-14(13)20-21-15/h12H,4-11H2,1-3H3,(H,20,21)(H,22,25)(H,23,26)/t12-/m1/s1. The van der Waals surface area contributed by atoms with E-state index in [0.717, 1.165) is 36.9 Å². The van der Waals surface area contributed by atoms with Gasteiger partial charge in [0.05, 0.1) is 5.92 Å². The average molecular weight is 391 g/mol. The normalized spacial score (nSPS) is 19.5. The molecule has 9 heteroatoms. The molecular formula is C19H29N5O4. The van der Waals surface area contributed by atoms with Crippen molar-refractivity contribution in [2.75, 3.05) is 13.1 Å². The maximum atomic E-state index is 12.5. The average Bonchev–Trinajstić information content (AvgIpc) is 3.09. The topological polar surface area (TPSA) is 116 Å². The number of carbonyl (C=O) groups is 3. The third-order valence-corrected chi connectivity index (χ3v) is 5.01. The molecule has 3 N–H and O–H groups in total. The number of aromatic amines is 1. The fraction of sp³-hybridized carbons (Fsp3) is 0.684. The van der Waals surface area contributed by atoms with Gasteiger partial charge in [0, 0.05) is 24.3 Å². The van der Waals surface area contributed by atoms with Crippen molar-refractivity contribution >= 4 is 17.9 Å². The first-order valence-corrected chi connectivity index (χ1v) is 9.89. The number of piperidine rings is 1. The van der Waals surface area contributed by atoms with Crippen LogP contribution in [-0.4, -0.2) is 51.7 Å². The molecule has 0 unspecified atom stereocenters. The molecule has 1 atom stereocenters. The van der Waals surface area contributed by atoms with Crippen LogP contribution in [0.3, 0.4) is 0 Å². The van der Waals surface area contributed by atoms with E-state index in [1.54, 1.807) is 4.90 Å². The fourth-order valence-corrected chi connectivity index (χ4v) is 3.63. The fourth-order valence-electron chi connectivity index (χ4n) is 3.63. The van der Waals surface area contributed by atoms with E-state index < -0.39 is 23.5 Å². The molecule has 2 aliphatic rings. The molecule has 1 aliphatic carbocycles. The van der Waals surface area contributed by atoms with Gasteiger partial charge in [-0.25, -0.2) is 4.79 Å². The number of H-pyrrole nitrogens is 1. The van der Waals surface area contributed by atoms with Crippen molar-refractivity contribution in [2.24, 2.45) is 5.92 Å². The van der Waals surface area contributed by atoms with Gasteiger partial charge in [-0.1, -0.05) is 0 Å². The van der Waals surface area contributed by atoms with Crippen molar-refractivity contribution < 1.29 is 19.1 Å². The first-order valence-electron chi connectivity index (χ1n) is 9.89. The number of nitrogens with one attached hydrogen (secondary N) is 3. The Kier molecular flexibility index (Phi) is 5.90. The van der Waals surface area contributed by atoms with Gasteiger partial charge >= 0.3 is 6.09 Å². The Hall–Kier alpha value is -2.58. The SMILES string of the molecule is CC(C)(C)OC(=O)N1CCC[C@@H](C(=O)NNC(=O)c2n[nH]c3c2CCCC3)C1. The highest BCUT2D eigenvalue weighted by Crippen LogP contribution is 2.22. The number of amides is 3. The van der Waals surface area contributed by atoms with Crippen molar-refractivity contribution in [1.29, 1.82) is 0 Å². The number of fused-ring (bicyclic) bond motifs is 1. The first-order chi connectivity index (χ1) is 13.2. The lowest BCUT2D eigenvalue weighted by molar-refractivity contribution is -0.127. The van der Waals surface area contributed by atoms with Crippen LogP contribution >= 0.6 is 0 Å². The number of likely N-dealkylation sites (tertiary alicyclic amines) is 1. The summed E-state index contributed by atoms with van der Waals surface area (Å²) in [5, 5.41) is 7.01. The summed E-state index contributed by atoms with van der Waals surface area (Å²) >= 11 is 0. The van der Waals surface area contributed by atoms with Crippen LogP contribution in [-0.2, 0) is 22.4 Å². The molecule has 1 aromatic rings. The minimum absolute atomic E-state index is 0.272. The second-order valence-electron chi connectivity index (χ2n) is 8.45. The van der Waals surface area contributed by atoms with Gasteiger partial charge < -0.3 is 9.64 Å². The monoisotopic (exact) mass is 391 g/mol. The summed E-state index contributed by atoms with van der Waals surface area (Å²) in [7, 11) is 0. The van der Waals surface area contributed by atoms with Crippen LogP contribution in [0.25, 0.3) is 0 Å². The molecule has 0 radical (unpaired) electrons. The molecule has 28 heavy (non-hydrogen) atoms. The molecule has 1 aliphatic heterocycles. The summed E-state index contributed by atoms with van der Waals surface area (Å²) in [6.45, 7) is 6.26. The van der Waals surface area contributed by atoms with Gasteiger partial charge in [0.25, 0.3) is 5.91 Å². The summed E-state index contributed by atoms with van der Waals surface area (Å²) in [5.41, 5.74) is 6.64. The molecule has 2 heterocycles. The molecule has 3 rings (SSSR count). The van der Waals surface area contributed by atoms with Crippen LogP contribution < -0.4 is 10.9 Å². The van der Waals surface area contributed by atoms with Crippen LogP contribution in [0.2, 0.25) is 0 Å². The highest BCUT2D eigenvalue weighted by Gasteiger charge is 2.31. The number of aryl methyl sites for hydroxylation is 1. The van der Waals surface area contributed by atoms with E-state index in [-0.39, 0.29) is 12.5 Å². The number of aromatic nitrogens is 2. The molecule has 1 aromatic heterocycles. The van der Waals surface area contributed by atoms with Crippen molar-refractivity contribution in [3.05, 3.63) is 17.0 Å². The molecule has 0 saturated carbocycles. The molecule has 1 fully saturated rings. The van der Waals surface area contributed by atoms with Crippen molar-refractivity contribution in [1.82, 2.24) is 25.9 Å². The number of rotatable bonds is 2. The number of carbonyl (C=O) groups excluding carboxylic acids is 3. The van der Waals surface area contributed by atoms with E-state index in [0.29, 0.717) is 25.1 Å². The van der Waals surface area contributed by atoms with Gasteiger partial charge in [0.1, 0.15) is 5.60 Å². The molecule has 0 bridgehead atoms. The maximum absolute atomic E-state index is 12.5. The Morgan fingerprint density at radius 1 is 1.14 bits per heavy atom. The van der Waals surface area contributed by atoms with Gasteiger partial charge in [-0.05, 0) is 59.3 Å².